The number of carbonyl (C=O) groups excluding carboxylic acids is 1. The SMILES string of the molecule is COc1ccccc1CCNC(=O)NCC1(c2ccccc2)CC1. The molecule has 1 saturated carbocycles. The van der Waals surface area contributed by atoms with Gasteiger partial charge in [-0.2, -0.15) is 0 Å². The Bertz CT molecular complexity index is 681. The van der Waals surface area contributed by atoms with Crippen molar-refractivity contribution in [3.05, 3.63) is 65.7 Å². The lowest BCUT2D eigenvalue weighted by Gasteiger charge is -2.17. The Balaban J connectivity index is 1.44. The first-order chi connectivity index (χ1) is 11.7. The first-order valence-corrected chi connectivity index (χ1v) is 8.43. The van der Waals surface area contributed by atoms with Gasteiger partial charge in [-0.3, -0.25) is 0 Å². The summed E-state index contributed by atoms with van der Waals surface area (Å²) in [6.45, 7) is 1.28. The highest BCUT2D eigenvalue weighted by molar-refractivity contribution is 5.74. The van der Waals surface area contributed by atoms with Gasteiger partial charge in [0.25, 0.3) is 0 Å². The Kier molecular flexibility index (Phi) is 5.04. The van der Waals surface area contributed by atoms with Gasteiger partial charge in [-0.1, -0.05) is 48.5 Å². The van der Waals surface area contributed by atoms with Crippen molar-refractivity contribution in [1.82, 2.24) is 10.6 Å². The zero-order valence-electron chi connectivity index (χ0n) is 14.0. The predicted molar refractivity (Wildman–Crippen MR) is 95.5 cm³/mol. The second-order valence-corrected chi connectivity index (χ2v) is 6.32. The van der Waals surface area contributed by atoms with E-state index in [9.17, 15) is 4.79 Å². The molecule has 0 spiro atoms. The minimum absolute atomic E-state index is 0.105. The number of para-hydroxylation sites is 1. The number of benzene rings is 2. The number of amides is 2. The molecule has 3 rings (SSSR count). The molecular formula is C20H24N2O2. The van der Waals surface area contributed by atoms with Crippen molar-refractivity contribution in [3.63, 3.8) is 0 Å². The van der Waals surface area contributed by atoms with E-state index in [1.165, 1.54) is 5.56 Å². The molecule has 0 bridgehead atoms. The van der Waals surface area contributed by atoms with Crippen molar-refractivity contribution in [2.24, 2.45) is 0 Å². The van der Waals surface area contributed by atoms with Crippen LogP contribution in [-0.4, -0.2) is 26.2 Å². The zero-order chi connectivity index (χ0) is 16.8. The molecule has 0 unspecified atom stereocenters. The molecule has 0 atom stereocenters. The monoisotopic (exact) mass is 324 g/mol. The second kappa shape index (κ2) is 7.39. The van der Waals surface area contributed by atoms with E-state index in [4.69, 9.17) is 4.74 Å². The molecule has 4 nitrogen and oxygen atoms in total. The number of carbonyl (C=O) groups is 1. The predicted octanol–water partition coefficient (Wildman–Crippen LogP) is 3.27. The van der Waals surface area contributed by atoms with E-state index < -0.39 is 0 Å². The molecular weight excluding hydrogens is 300 g/mol. The minimum Gasteiger partial charge on any atom is -0.496 e. The molecule has 2 aromatic rings. The lowest BCUT2D eigenvalue weighted by atomic mass is 9.96. The van der Waals surface area contributed by atoms with Crippen LogP contribution >= 0.6 is 0 Å². The van der Waals surface area contributed by atoms with Crippen LogP contribution in [0.4, 0.5) is 4.79 Å². The number of rotatable bonds is 7. The van der Waals surface area contributed by atoms with Gasteiger partial charge < -0.3 is 15.4 Å². The molecule has 0 aliphatic heterocycles. The van der Waals surface area contributed by atoms with Gasteiger partial charge in [0, 0.05) is 18.5 Å². The molecule has 126 valence electrons. The maximum atomic E-state index is 12.0. The van der Waals surface area contributed by atoms with Gasteiger partial charge in [-0.15, -0.1) is 0 Å². The summed E-state index contributed by atoms with van der Waals surface area (Å²) in [6, 6.07) is 18.2. The molecule has 1 aliphatic rings. The largest absolute Gasteiger partial charge is 0.496 e. The summed E-state index contributed by atoms with van der Waals surface area (Å²) < 4.78 is 5.32. The van der Waals surface area contributed by atoms with Gasteiger partial charge in [0.05, 0.1) is 7.11 Å². The van der Waals surface area contributed by atoms with Gasteiger partial charge in [0.2, 0.25) is 0 Å². The Morgan fingerprint density at radius 1 is 1.04 bits per heavy atom. The van der Waals surface area contributed by atoms with E-state index in [-0.39, 0.29) is 11.4 Å². The Labute approximate surface area is 143 Å². The first-order valence-electron chi connectivity index (χ1n) is 8.43. The van der Waals surface area contributed by atoms with Crippen LogP contribution in [0.1, 0.15) is 24.0 Å². The summed E-state index contributed by atoms with van der Waals surface area (Å²) in [5.41, 5.74) is 2.56. The summed E-state index contributed by atoms with van der Waals surface area (Å²) in [6.07, 6.45) is 3.03. The highest BCUT2D eigenvalue weighted by atomic mass is 16.5. The van der Waals surface area contributed by atoms with Crippen LogP contribution in [0.15, 0.2) is 54.6 Å². The molecule has 1 aliphatic carbocycles. The topological polar surface area (TPSA) is 50.4 Å². The van der Waals surface area contributed by atoms with Crippen molar-refractivity contribution in [2.45, 2.75) is 24.7 Å². The lowest BCUT2D eigenvalue weighted by Crippen LogP contribution is -2.40. The minimum atomic E-state index is -0.105. The van der Waals surface area contributed by atoms with Gasteiger partial charge in [0.15, 0.2) is 0 Å². The maximum absolute atomic E-state index is 12.0. The van der Waals surface area contributed by atoms with Gasteiger partial charge in [-0.05, 0) is 36.5 Å². The van der Waals surface area contributed by atoms with E-state index in [0.29, 0.717) is 13.1 Å². The Morgan fingerprint density at radius 2 is 1.75 bits per heavy atom. The van der Waals surface area contributed by atoms with Gasteiger partial charge in [-0.25, -0.2) is 4.79 Å². The van der Waals surface area contributed by atoms with E-state index >= 15 is 0 Å². The average Bonchev–Trinajstić information content (AvgIpc) is 3.42. The number of hydrogen-bond donors (Lipinski definition) is 2. The first kappa shape index (κ1) is 16.4. The lowest BCUT2D eigenvalue weighted by molar-refractivity contribution is 0.240. The molecule has 2 aromatic carbocycles. The maximum Gasteiger partial charge on any atom is 0.314 e. The summed E-state index contributed by atoms with van der Waals surface area (Å²) in [5, 5.41) is 5.95. The van der Waals surface area contributed by atoms with E-state index in [0.717, 1.165) is 30.6 Å². The molecule has 2 amide bonds. The third-order valence-electron chi connectivity index (χ3n) is 4.70. The fourth-order valence-electron chi connectivity index (χ4n) is 3.04. The fraction of sp³-hybridized carbons (Fsp3) is 0.350. The van der Waals surface area contributed by atoms with Crippen LogP contribution in [0.5, 0.6) is 5.75 Å². The molecule has 1 fully saturated rings. The van der Waals surface area contributed by atoms with Crippen molar-refractivity contribution in [2.75, 3.05) is 20.2 Å². The smallest absolute Gasteiger partial charge is 0.314 e. The quantitative estimate of drug-likeness (QED) is 0.821. The van der Waals surface area contributed by atoms with Crippen LogP contribution < -0.4 is 15.4 Å². The number of hydrogen-bond acceptors (Lipinski definition) is 2. The summed E-state index contributed by atoms with van der Waals surface area (Å²) in [4.78, 5) is 12.0. The standard InChI is InChI=1S/C20H24N2O2/c1-24-18-10-6-5-7-16(18)11-14-21-19(23)22-15-20(12-13-20)17-8-3-2-4-9-17/h2-10H,11-15H2,1H3,(H2,21,22,23). The molecule has 2 N–H and O–H groups in total. The highest BCUT2D eigenvalue weighted by Gasteiger charge is 2.44. The second-order valence-electron chi connectivity index (χ2n) is 6.32. The van der Waals surface area contributed by atoms with Crippen LogP contribution in [-0.2, 0) is 11.8 Å². The van der Waals surface area contributed by atoms with Crippen LogP contribution in [0.2, 0.25) is 0 Å². The third-order valence-corrected chi connectivity index (χ3v) is 4.70. The Hall–Kier alpha value is -2.49. The summed E-state index contributed by atoms with van der Waals surface area (Å²) >= 11 is 0. The summed E-state index contributed by atoms with van der Waals surface area (Å²) in [7, 11) is 1.66. The molecule has 0 saturated heterocycles. The van der Waals surface area contributed by atoms with E-state index in [1.54, 1.807) is 7.11 Å². The van der Waals surface area contributed by atoms with Gasteiger partial charge >= 0.3 is 6.03 Å². The van der Waals surface area contributed by atoms with Crippen molar-refractivity contribution in [1.29, 1.82) is 0 Å². The number of methoxy groups -OCH3 is 1. The van der Waals surface area contributed by atoms with Crippen LogP contribution in [0, 0.1) is 0 Å². The van der Waals surface area contributed by atoms with E-state index in [2.05, 4.69) is 34.9 Å². The molecule has 0 aromatic heterocycles. The number of nitrogens with one attached hydrogen (secondary N) is 2. The highest BCUT2D eigenvalue weighted by Crippen LogP contribution is 2.47. The molecule has 4 heteroatoms. The van der Waals surface area contributed by atoms with Gasteiger partial charge in [0.1, 0.15) is 5.75 Å². The molecule has 24 heavy (non-hydrogen) atoms. The van der Waals surface area contributed by atoms with Crippen LogP contribution in [0.3, 0.4) is 0 Å². The van der Waals surface area contributed by atoms with Crippen LogP contribution in [0.25, 0.3) is 0 Å². The Morgan fingerprint density at radius 3 is 2.46 bits per heavy atom. The van der Waals surface area contributed by atoms with Crippen molar-refractivity contribution >= 4 is 6.03 Å². The zero-order valence-corrected chi connectivity index (χ0v) is 14.0. The molecule has 0 radical (unpaired) electrons. The fourth-order valence-corrected chi connectivity index (χ4v) is 3.04. The average molecular weight is 324 g/mol. The number of ether oxygens (including phenoxy) is 1. The molecule has 0 heterocycles. The number of urea groups is 1. The summed E-state index contributed by atoms with van der Waals surface area (Å²) in [5.74, 6) is 0.862. The van der Waals surface area contributed by atoms with Crippen molar-refractivity contribution in [3.8, 4) is 5.75 Å². The normalized spacial score (nSPS) is 14.7. The van der Waals surface area contributed by atoms with Crippen molar-refractivity contribution < 1.29 is 9.53 Å². The third kappa shape index (κ3) is 3.88. The van der Waals surface area contributed by atoms with E-state index in [1.807, 2.05) is 30.3 Å².